The molecule has 7 heteroatoms. The van der Waals surface area contributed by atoms with Crippen LogP contribution in [0.4, 0.5) is 11.4 Å². The molecule has 1 heterocycles. The third-order valence-corrected chi connectivity index (χ3v) is 4.12. The number of para-hydroxylation sites is 2. The Morgan fingerprint density at radius 1 is 1.11 bits per heavy atom. The van der Waals surface area contributed by atoms with E-state index < -0.39 is 18.5 Å². The second kappa shape index (κ2) is 7.90. The van der Waals surface area contributed by atoms with Gasteiger partial charge in [-0.1, -0.05) is 24.3 Å². The highest BCUT2D eigenvalue weighted by Gasteiger charge is 2.27. The van der Waals surface area contributed by atoms with Gasteiger partial charge in [0, 0.05) is 0 Å². The standard InChI is InChI=1S/C20H20N2O5/c1-13-7-8-14(2)17(9-13)26-12-20(25)27-11-19(24)22-10-18(23)21-15-5-3-4-6-16(15)22/h3-9H,10-12H2,1-2H3,(H,21,23). The van der Waals surface area contributed by atoms with Gasteiger partial charge >= 0.3 is 5.97 Å². The fraction of sp³-hybridized carbons (Fsp3) is 0.250. The zero-order valence-corrected chi connectivity index (χ0v) is 15.2. The molecule has 1 aliphatic heterocycles. The molecule has 0 unspecified atom stereocenters. The van der Waals surface area contributed by atoms with Crippen molar-refractivity contribution in [2.24, 2.45) is 0 Å². The highest BCUT2D eigenvalue weighted by atomic mass is 16.6. The summed E-state index contributed by atoms with van der Waals surface area (Å²) in [7, 11) is 0. The molecule has 0 aromatic heterocycles. The molecule has 140 valence electrons. The first kappa shape index (κ1) is 18.4. The van der Waals surface area contributed by atoms with E-state index in [1.165, 1.54) is 4.90 Å². The molecule has 2 amide bonds. The number of aryl methyl sites for hydroxylation is 2. The molecule has 3 rings (SSSR count). The number of carbonyl (C=O) groups excluding carboxylic acids is 3. The van der Waals surface area contributed by atoms with Gasteiger partial charge in [0.25, 0.3) is 5.91 Å². The van der Waals surface area contributed by atoms with Gasteiger partial charge in [-0.2, -0.15) is 0 Å². The summed E-state index contributed by atoms with van der Waals surface area (Å²) in [5.41, 5.74) is 3.04. The van der Waals surface area contributed by atoms with E-state index in [4.69, 9.17) is 9.47 Å². The minimum Gasteiger partial charge on any atom is -0.482 e. The first-order valence-electron chi connectivity index (χ1n) is 8.49. The van der Waals surface area contributed by atoms with E-state index in [0.717, 1.165) is 11.1 Å². The summed E-state index contributed by atoms with van der Waals surface area (Å²) in [4.78, 5) is 37.4. The molecule has 0 atom stereocenters. The lowest BCUT2D eigenvalue weighted by Crippen LogP contribution is -2.44. The molecule has 0 saturated heterocycles. The largest absolute Gasteiger partial charge is 0.482 e. The van der Waals surface area contributed by atoms with Crippen LogP contribution in [0.25, 0.3) is 0 Å². The van der Waals surface area contributed by atoms with E-state index in [2.05, 4.69) is 5.32 Å². The van der Waals surface area contributed by atoms with Gasteiger partial charge in [0.2, 0.25) is 5.91 Å². The van der Waals surface area contributed by atoms with Crippen molar-refractivity contribution >= 4 is 29.2 Å². The topological polar surface area (TPSA) is 84.9 Å². The second-order valence-electron chi connectivity index (χ2n) is 6.26. The lowest BCUT2D eigenvalue weighted by Gasteiger charge is -2.28. The highest BCUT2D eigenvalue weighted by molar-refractivity contribution is 6.10. The number of anilines is 2. The first-order chi connectivity index (χ1) is 12.9. The maximum Gasteiger partial charge on any atom is 0.344 e. The van der Waals surface area contributed by atoms with E-state index >= 15 is 0 Å². The lowest BCUT2D eigenvalue weighted by molar-refractivity contribution is -0.149. The molecule has 0 spiro atoms. The minimum atomic E-state index is -0.654. The van der Waals surface area contributed by atoms with Crippen LogP contribution in [-0.2, 0) is 19.1 Å². The lowest BCUT2D eigenvalue weighted by atomic mass is 10.1. The van der Waals surface area contributed by atoms with E-state index in [0.29, 0.717) is 17.1 Å². The molecule has 1 N–H and O–H groups in total. The predicted molar refractivity (Wildman–Crippen MR) is 99.8 cm³/mol. The number of benzene rings is 2. The number of hydrogen-bond acceptors (Lipinski definition) is 5. The third kappa shape index (κ3) is 4.44. The Morgan fingerprint density at radius 2 is 1.89 bits per heavy atom. The summed E-state index contributed by atoms with van der Waals surface area (Å²) < 4.78 is 10.5. The second-order valence-corrected chi connectivity index (χ2v) is 6.26. The van der Waals surface area contributed by atoms with Crippen LogP contribution in [0.5, 0.6) is 5.75 Å². The van der Waals surface area contributed by atoms with Gasteiger partial charge in [0.1, 0.15) is 12.3 Å². The number of hydrogen-bond donors (Lipinski definition) is 1. The third-order valence-electron chi connectivity index (χ3n) is 4.12. The number of rotatable bonds is 5. The molecular formula is C20H20N2O5. The average Bonchev–Trinajstić information content (AvgIpc) is 2.66. The monoisotopic (exact) mass is 368 g/mol. The Bertz CT molecular complexity index is 894. The molecule has 7 nitrogen and oxygen atoms in total. The number of fused-ring (bicyclic) bond motifs is 1. The van der Waals surface area contributed by atoms with Crippen LogP contribution in [0.1, 0.15) is 11.1 Å². The normalized spacial score (nSPS) is 12.8. The molecule has 2 aromatic rings. The van der Waals surface area contributed by atoms with Gasteiger partial charge in [0.15, 0.2) is 13.2 Å². The number of nitrogens with zero attached hydrogens (tertiary/aromatic N) is 1. The maximum atomic E-state index is 12.4. The van der Waals surface area contributed by atoms with Crippen LogP contribution in [0.3, 0.4) is 0 Å². The Kier molecular flexibility index (Phi) is 5.40. The van der Waals surface area contributed by atoms with Gasteiger partial charge in [-0.3, -0.25) is 14.5 Å². The first-order valence-corrected chi connectivity index (χ1v) is 8.49. The molecular weight excluding hydrogens is 348 g/mol. The van der Waals surface area contributed by atoms with E-state index in [-0.39, 0.29) is 19.1 Å². The molecule has 27 heavy (non-hydrogen) atoms. The zero-order valence-electron chi connectivity index (χ0n) is 15.2. The van der Waals surface area contributed by atoms with Crippen molar-refractivity contribution in [3.8, 4) is 5.75 Å². The Hall–Kier alpha value is -3.35. The van der Waals surface area contributed by atoms with Crippen molar-refractivity contribution in [1.29, 1.82) is 0 Å². The summed E-state index contributed by atoms with van der Waals surface area (Å²) in [6, 6.07) is 12.6. The van der Waals surface area contributed by atoms with Crippen LogP contribution in [-0.4, -0.2) is 37.5 Å². The smallest absolute Gasteiger partial charge is 0.344 e. The van der Waals surface area contributed by atoms with Crippen molar-refractivity contribution in [1.82, 2.24) is 0 Å². The summed E-state index contributed by atoms with van der Waals surface area (Å²) in [6.45, 7) is 2.93. The SMILES string of the molecule is Cc1ccc(C)c(OCC(=O)OCC(=O)N2CC(=O)Nc3ccccc32)c1. The van der Waals surface area contributed by atoms with E-state index in [1.54, 1.807) is 24.3 Å². The van der Waals surface area contributed by atoms with Crippen LogP contribution < -0.4 is 15.0 Å². The van der Waals surface area contributed by atoms with Gasteiger partial charge in [-0.15, -0.1) is 0 Å². The van der Waals surface area contributed by atoms with Crippen LogP contribution >= 0.6 is 0 Å². The summed E-state index contributed by atoms with van der Waals surface area (Å²) in [6.07, 6.45) is 0. The zero-order chi connectivity index (χ0) is 19.4. The molecule has 0 aliphatic carbocycles. The fourth-order valence-corrected chi connectivity index (χ4v) is 2.72. The molecule has 0 saturated carbocycles. The number of esters is 1. The maximum absolute atomic E-state index is 12.4. The summed E-state index contributed by atoms with van der Waals surface area (Å²) in [5.74, 6) is -0.831. The Labute approximate surface area is 156 Å². The highest BCUT2D eigenvalue weighted by Crippen LogP contribution is 2.28. The number of ether oxygens (including phenoxy) is 2. The Balaban J connectivity index is 1.55. The van der Waals surface area contributed by atoms with Crippen molar-refractivity contribution in [2.45, 2.75) is 13.8 Å². The van der Waals surface area contributed by atoms with Crippen LogP contribution in [0.15, 0.2) is 42.5 Å². The fourth-order valence-electron chi connectivity index (χ4n) is 2.72. The molecule has 1 aliphatic rings. The Morgan fingerprint density at radius 3 is 2.70 bits per heavy atom. The van der Waals surface area contributed by atoms with Gasteiger partial charge < -0.3 is 14.8 Å². The molecule has 0 bridgehead atoms. The number of carbonyl (C=O) groups is 3. The van der Waals surface area contributed by atoms with Gasteiger partial charge in [-0.25, -0.2) is 4.79 Å². The minimum absolute atomic E-state index is 0.119. The number of nitrogens with one attached hydrogen (secondary N) is 1. The van der Waals surface area contributed by atoms with Gasteiger partial charge in [0.05, 0.1) is 11.4 Å². The summed E-state index contributed by atoms with van der Waals surface area (Å²) >= 11 is 0. The van der Waals surface area contributed by atoms with Crippen molar-refractivity contribution in [3.05, 3.63) is 53.6 Å². The summed E-state index contributed by atoms with van der Waals surface area (Å²) in [5, 5.41) is 2.70. The van der Waals surface area contributed by atoms with Crippen molar-refractivity contribution in [2.75, 3.05) is 30.0 Å². The van der Waals surface area contributed by atoms with E-state index in [1.807, 2.05) is 32.0 Å². The van der Waals surface area contributed by atoms with Gasteiger partial charge in [-0.05, 0) is 43.2 Å². The molecule has 0 fully saturated rings. The average molecular weight is 368 g/mol. The molecule has 2 aromatic carbocycles. The van der Waals surface area contributed by atoms with E-state index in [9.17, 15) is 14.4 Å². The molecule has 0 radical (unpaired) electrons. The quantitative estimate of drug-likeness (QED) is 0.818. The van der Waals surface area contributed by atoms with Crippen LogP contribution in [0, 0.1) is 13.8 Å². The predicted octanol–water partition coefficient (Wildman–Crippen LogP) is 2.21. The van der Waals surface area contributed by atoms with Crippen molar-refractivity contribution < 1.29 is 23.9 Å². The van der Waals surface area contributed by atoms with Crippen LogP contribution in [0.2, 0.25) is 0 Å². The number of amides is 2. The van der Waals surface area contributed by atoms with Crippen molar-refractivity contribution in [3.63, 3.8) is 0 Å².